The molecule has 9 rings (SSSR count). The molecular formula is C58H63SiZr. The average Bonchev–Trinajstić information content (AvgIpc) is 3.94. The van der Waals surface area contributed by atoms with Crippen LogP contribution in [0.4, 0.5) is 0 Å². The molecule has 0 saturated carbocycles. The topological polar surface area (TPSA) is 0 Å². The molecule has 0 nitrogen and oxygen atoms in total. The van der Waals surface area contributed by atoms with Crippen LogP contribution in [0, 0.1) is 11.8 Å². The molecule has 0 aromatic heterocycles. The van der Waals surface area contributed by atoms with Gasteiger partial charge in [-0.2, -0.15) is 0 Å². The third-order valence-electron chi connectivity index (χ3n) is 14.2. The first-order chi connectivity index (χ1) is 29.2. The second-order valence-corrected chi connectivity index (χ2v) is 27.3. The van der Waals surface area contributed by atoms with E-state index >= 15 is 0 Å². The Hall–Kier alpha value is -4.10. The fourth-order valence-electron chi connectivity index (χ4n) is 11.1. The quantitative estimate of drug-likeness (QED) is 0.101. The summed E-state index contributed by atoms with van der Waals surface area (Å²) in [6.07, 6.45) is 10.0. The van der Waals surface area contributed by atoms with Crippen molar-refractivity contribution in [2.45, 2.75) is 100 Å². The average molecular weight is 879 g/mol. The van der Waals surface area contributed by atoms with Gasteiger partial charge in [0.1, 0.15) is 0 Å². The number of fused-ring (bicyclic) bond motifs is 5. The van der Waals surface area contributed by atoms with Gasteiger partial charge in [0.25, 0.3) is 0 Å². The van der Waals surface area contributed by atoms with Crippen LogP contribution in [0.2, 0.25) is 0 Å². The van der Waals surface area contributed by atoms with E-state index in [2.05, 4.69) is 195 Å². The van der Waals surface area contributed by atoms with Crippen molar-refractivity contribution in [1.29, 1.82) is 0 Å². The van der Waals surface area contributed by atoms with E-state index in [1.54, 1.807) is 41.5 Å². The zero-order chi connectivity index (χ0) is 41.7. The molecule has 4 atom stereocenters. The van der Waals surface area contributed by atoms with Crippen LogP contribution >= 0.6 is 0 Å². The van der Waals surface area contributed by atoms with Gasteiger partial charge in [-0.25, -0.2) is 0 Å². The Kier molecular flexibility index (Phi) is 11.9. The molecule has 0 fully saturated rings. The fourth-order valence-corrected chi connectivity index (χ4v) is 25.0. The predicted octanol–water partition coefficient (Wildman–Crippen LogP) is 13.8. The van der Waals surface area contributed by atoms with Gasteiger partial charge in [-0.15, -0.1) is 0 Å². The summed E-state index contributed by atoms with van der Waals surface area (Å²) in [5.41, 5.74) is 21.4. The van der Waals surface area contributed by atoms with E-state index in [1.165, 1.54) is 50.1 Å². The first kappa shape index (κ1) is 41.3. The number of rotatable bonds is 13. The molecule has 0 bridgehead atoms. The summed E-state index contributed by atoms with van der Waals surface area (Å²) in [6, 6.07) is 50.4. The van der Waals surface area contributed by atoms with Crippen molar-refractivity contribution in [2.75, 3.05) is 0 Å². The Bertz CT molecular complexity index is 2490. The van der Waals surface area contributed by atoms with Gasteiger partial charge in [0, 0.05) is 0 Å². The molecule has 0 amide bonds. The summed E-state index contributed by atoms with van der Waals surface area (Å²) in [4.78, 5) is 0. The molecular weight excluding hydrogens is 816 g/mol. The Labute approximate surface area is 371 Å². The number of hydrogen-bond donors (Lipinski definition) is 0. The van der Waals surface area contributed by atoms with Crippen LogP contribution in [0.3, 0.4) is 0 Å². The Morgan fingerprint density at radius 2 is 0.900 bits per heavy atom. The minimum atomic E-state index is -2.92. The molecule has 4 unspecified atom stereocenters. The van der Waals surface area contributed by atoms with Gasteiger partial charge in [-0.1, -0.05) is 0 Å². The van der Waals surface area contributed by atoms with Crippen LogP contribution in [-0.2, 0) is 21.8 Å². The zero-order valence-corrected chi connectivity index (χ0v) is 41.2. The summed E-state index contributed by atoms with van der Waals surface area (Å²) in [5.74, 6) is 2.19. The predicted molar refractivity (Wildman–Crippen MR) is 261 cm³/mol. The number of allylic oxidation sites excluding steroid dienone is 2. The van der Waals surface area contributed by atoms with Crippen molar-refractivity contribution in [1.82, 2.24) is 0 Å². The van der Waals surface area contributed by atoms with Crippen LogP contribution in [0.25, 0.3) is 45.5 Å². The summed E-state index contributed by atoms with van der Waals surface area (Å²) in [6.45, 7) is 19.3. The van der Waals surface area contributed by atoms with Gasteiger partial charge in [-0.05, 0) is 0 Å². The maximum atomic E-state index is 2.72. The molecule has 303 valence electrons. The van der Waals surface area contributed by atoms with Crippen molar-refractivity contribution in [2.24, 2.45) is 11.8 Å². The molecule has 3 aliphatic rings. The molecule has 6 aromatic carbocycles. The Morgan fingerprint density at radius 3 is 1.40 bits per heavy atom. The van der Waals surface area contributed by atoms with Crippen molar-refractivity contribution >= 4 is 35.3 Å². The second kappa shape index (κ2) is 17.3. The van der Waals surface area contributed by atoms with Gasteiger partial charge in [0.05, 0.1) is 0 Å². The van der Waals surface area contributed by atoms with E-state index in [0.717, 1.165) is 25.7 Å². The molecule has 0 N–H and O–H groups in total. The molecule has 2 heteroatoms. The first-order valence-electron chi connectivity index (χ1n) is 23.1. The van der Waals surface area contributed by atoms with E-state index in [1.807, 2.05) is 0 Å². The van der Waals surface area contributed by atoms with Gasteiger partial charge in [0.2, 0.25) is 0 Å². The normalized spacial score (nSPS) is 17.6. The fraction of sp³-hybridized carbons (Fsp3) is 0.310. The molecule has 2 aliphatic carbocycles. The molecule has 0 radical (unpaired) electrons. The van der Waals surface area contributed by atoms with Gasteiger partial charge in [0.15, 0.2) is 0 Å². The van der Waals surface area contributed by atoms with Crippen molar-refractivity contribution in [3.8, 4) is 33.4 Å². The molecule has 1 heterocycles. The first-order valence-corrected chi connectivity index (χ1v) is 28.6. The van der Waals surface area contributed by atoms with E-state index in [0.29, 0.717) is 30.9 Å². The molecule has 6 aromatic rings. The van der Waals surface area contributed by atoms with Crippen LogP contribution in [-0.4, -0.2) is 9.52 Å². The van der Waals surface area contributed by atoms with Crippen LogP contribution in [0.15, 0.2) is 139 Å². The Morgan fingerprint density at radius 1 is 0.467 bits per heavy atom. The van der Waals surface area contributed by atoms with Crippen molar-refractivity contribution in [3.63, 3.8) is 0 Å². The minimum absolute atomic E-state index is 0.465. The van der Waals surface area contributed by atoms with E-state index in [-0.39, 0.29) is 0 Å². The molecule has 0 saturated heterocycles. The van der Waals surface area contributed by atoms with Crippen molar-refractivity contribution < 1.29 is 21.8 Å². The summed E-state index contributed by atoms with van der Waals surface area (Å²) >= 11 is -2.92. The summed E-state index contributed by atoms with van der Waals surface area (Å²) in [7, 11) is -0.638. The van der Waals surface area contributed by atoms with E-state index in [4.69, 9.17) is 0 Å². The summed E-state index contributed by atoms with van der Waals surface area (Å²) < 4.78 is 2.73. The molecule has 1 aliphatic heterocycles. The second-order valence-electron chi connectivity index (χ2n) is 19.0. The molecule has 60 heavy (non-hydrogen) atoms. The monoisotopic (exact) mass is 877 g/mol. The SMILES string of the molecule is CCC(C)c1ccccc1-c1cccc2c1C=C(CC(C)C)[CH]2[Zr]([c]1cccc2c1[SiH2]c1ccccc1-2)[CH]1C(CC(C)C)=Cc2c(-c3ccccc3C(C)CC)cccc21. The zero-order valence-electron chi connectivity index (χ0n) is 37.3. The number of benzene rings is 6. The van der Waals surface area contributed by atoms with E-state index in [9.17, 15) is 0 Å². The standard InChI is InChI=1S/2C23H27.C12H9Si.Zr/c2*1-5-17(4)20-10-6-7-11-21(20)22-12-8-9-19-14-18(13-16(2)3)15-23(19)22;1-3-7-11-9(5-1)10-6-2-4-8-12(10)13-11;/h2*6-12,14-17H,5,13H2,1-4H3;1-7H,13H2;. The molecule has 0 spiro atoms. The third kappa shape index (κ3) is 7.39. The van der Waals surface area contributed by atoms with Crippen molar-refractivity contribution in [3.05, 3.63) is 172 Å². The van der Waals surface area contributed by atoms with Crippen LogP contribution < -0.4 is 13.6 Å². The van der Waals surface area contributed by atoms with Crippen LogP contribution in [0.1, 0.15) is 134 Å². The number of hydrogen-bond acceptors (Lipinski definition) is 0. The maximum absolute atomic E-state index is 2.92. The Balaban J connectivity index is 1.32. The van der Waals surface area contributed by atoms with Gasteiger partial charge in [-0.3, -0.25) is 0 Å². The van der Waals surface area contributed by atoms with Crippen LogP contribution in [0.5, 0.6) is 0 Å². The van der Waals surface area contributed by atoms with Gasteiger partial charge < -0.3 is 0 Å². The van der Waals surface area contributed by atoms with E-state index < -0.39 is 31.3 Å². The third-order valence-corrected chi connectivity index (χ3v) is 26.2. The summed E-state index contributed by atoms with van der Waals surface area (Å²) in [5, 5.41) is 3.39. The van der Waals surface area contributed by atoms with Gasteiger partial charge >= 0.3 is 374 Å².